The molecule has 0 amide bonds. The summed E-state index contributed by atoms with van der Waals surface area (Å²) in [5, 5.41) is 10.4. The standard InChI is InChI=1S/C18H16BrClFN3O2/c1-9-24-15(17(26-9)12-5-4-11(21)6-14(12)19)16(25)13(18(20)22)8-23-7-10-2-3-10/h4-6,8,10,22-23H,2-3,7H2,1H3/b13-8-,22-18?. The van der Waals surface area contributed by atoms with Crippen molar-refractivity contribution in [2.24, 2.45) is 5.92 Å². The first-order valence-electron chi connectivity index (χ1n) is 8.02. The van der Waals surface area contributed by atoms with Crippen LogP contribution in [0.4, 0.5) is 4.39 Å². The molecular weight excluding hydrogens is 425 g/mol. The maximum absolute atomic E-state index is 13.4. The molecule has 0 spiro atoms. The summed E-state index contributed by atoms with van der Waals surface area (Å²) < 4.78 is 19.4. The normalized spacial score (nSPS) is 14.4. The molecule has 0 radical (unpaired) electrons. The molecule has 0 bridgehead atoms. The van der Waals surface area contributed by atoms with Gasteiger partial charge in [0.15, 0.2) is 17.3 Å². The third-order valence-corrected chi connectivity index (χ3v) is 4.82. The zero-order valence-electron chi connectivity index (χ0n) is 13.9. The fraction of sp³-hybridized carbons (Fsp3) is 0.278. The van der Waals surface area contributed by atoms with Gasteiger partial charge in [-0.3, -0.25) is 10.2 Å². The third-order valence-electron chi connectivity index (χ3n) is 3.96. The maximum Gasteiger partial charge on any atom is 0.219 e. The Labute approximate surface area is 163 Å². The molecule has 0 saturated heterocycles. The molecule has 1 aliphatic rings. The van der Waals surface area contributed by atoms with E-state index >= 15 is 0 Å². The van der Waals surface area contributed by atoms with E-state index in [-0.39, 0.29) is 28.1 Å². The summed E-state index contributed by atoms with van der Waals surface area (Å²) in [6.45, 7) is 2.34. The lowest BCUT2D eigenvalue weighted by atomic mass is 10.0. The van der Waals surface area contributed by atoms with Crippen LogP contribution in [0.25, 0.3) is 11.3 Å². The van der Waals surface area contributed by atoms with Gasteiger partial charge >= 0.3 is 0 Å². The molecule has 0 aliphatic heterocycles. The number of nitrogens with one attached hydrogen (secondary N) is 2. The van der Waals surface area contributed by atoms with Crippen LogP contribution in [0.3, 0.4) is 0 Å². The van der Waals surface area contributed by atoms with Crippen LogP contribution in [0.5, 0.6) is 0 Å². The minimum atomic E-state index is -0.531. The number of hydrogen-bond acceptors (Lipinski definition) is 5. The Morgan fingerprint density at radius 2 is 2.27 bits per heavy atom. The zero-order valence-corrected chi connectivity index (χ0v) is 16.2. The van der Waals surface area contributed by atoms with E-state index in [1.54, 1.807) is 6.92 Å². The van der Waals surface area contributed by atoms with Gasteiger partial charge in [-0.1, -0.05) is 11.6 Å². The van der Waals surface area contributed by atoms with Crippen LogP contribution in [-0.4, -0.2) is 22.5 Å². The number of aromatic nitrogens is 1. The molecule has 2 aromatic rings. The summed E-state index contributed by atoms with van der Waals surface area (Å²) >= 11 is 9.09. The van der Waals surface area contributed by atoms with E-state index < -0.39 is 11.6 Å². The van der Waals surface area contributed by atoms with E-state index in [1.807, 2.05) is 0 Å². The van der Waals surface area contributed by atoms with Gasteiger partial charge in [-0.2, -0.15) is 0 Å². The Balaban J connectivity index is 1.96. The topological polar surface area (TPSA) is 79.0 Å². The van der Waals surface area contributed by atoms with Crippen LogP contribution in [0, 0.1) is 24.1 Å². The first-order chi connectivity index (χ1) is 12.4. The Bertz CT molecular complexity index is 906. The highest BCUT2D eigenvalue weighted by Gasteiger charge is 2.26. The first-order valence-corrected chi connectivity index (χ1v) is 9.19. The molecule has 26 heavy (non-hydrogen) atoms. The van der Waals surface area contributed by atoms with Crippen molar-refractivity contribution in [3.8, 4) is 11.3 Å². The van der Waals surface area contributed by atoms with Crippen LogP contribution in [-0.2, 0) is 0 Å². The molecule has 2 N–H and O–H groups in total. The Morgan fingerprint density at radius 3 is 2.88 bits per heavy atom. The van der Waals surface area contributed by atoms with Gasteiger partial charge in [0.25, 0.3) is 0 Å². The second kappa shape index (κ2) is 7.72. The van der Waals surface area contributed by atoms with Crippen molar-refractivity contribution in [3.05, 3.63) is 51.8 Å². The quantitative estimate of drug-likeness (QED) is 0.367. The van der Waals surface area contributed by atoms with Crippen molar-refractivity contribution >= 4 is 38.5 Å². The summed E-state index contributed by atoms with van der Waals surface area (Å²) in [5.41, 5.74) is 0.515. The van der Waals surface area contributed by atoms with Crippen molar-refractivity contribution in [2.45, 2.75) is 19.8 Å². The molecule has 1 saturated carbocycles. The molecule has 0 atom stereocenters. The summed E-state index contributed by atoms with van der Waals surface area (Å²) in [4.78, 5) is 17.1. The minimum Gasteiger partial charge on any atom is -0.440 e. The number of carbonyl (C=O) groups is 1. The fourth-order valence-electron chi connectivity index (χ4n) is 2.44. The average Bonchev–Trinajstić information content (AvgIpc) is 3.31. The van der Waals surface area contributed by atoms with Crippen LogP contribution in [0.15, 0.2) is 38.9 Å². The molecular formula is C18H16BrClFN3O2. The lowest BCUT2D eigenvalue weighted by Crippen LogP contribution is -2.17. The average molecular weight is 441 g/mol. The number of nitrogens with zero attached hydrogens (tertiary/aromatic N) is 1. The first kappa shape index (κ1) is 18.8. The van der Waals surface area contributed by atoms with Gasteiger partial charge in [0.05, 0.1) is 5.57 Å². The molecule has 1 aromatic heterocycles. The molecule has 1 fully saturated rings. The highest BCUT2D eigenvalue weighted by Crippen LogP contribution is 2.33. The van der Waals surface area contributed by atoms with Gasteiger partial charge in [0.2, 0.25) is 5.78 Å². The third kappa shape index (κ3) is 4.22. The molecule has 0 unspecified atom stereocenters. The summed E-state index contributed by atoms with van der Waals surface area (Å²) in [6, 6.07) is 4.04. The smallest absolute Gasteiger partial charge is 0.219 e. The predicted octanol–water partition coefficient (Wildman–Crippen LogP) is 4.83. The monoisotopic (exact) mass is 439 g/mol. The maximum atomic E-state index is 13.4. The molecule has 3 rings (SSSR count). The van der Waals surface area contributed by atoms with Crippen LogP contribution < -0.4 is 5.32 Å². The number of hydrogen-bond donors (Lipinski definition) is 2. The van der Waals surface area contributed by atoms with Crippen molar-refractivity contribution in [3.63, 3.8) is 0 Å². The number of oxazole rings is 1. The van der Waals surface area contributed by atoms with Crippen molar-refractivity contribution in [2.75, 3.05) is 6.54 Å². The van der Waals surface area contributed by atoms with E-state index in [0.717, 1.165) is 19.4 Å². The predicted molar refractivity (Wildman–Crippen MR) is 101 cm³/mol. The largest absolute Gasteiger partial charge is 0.440 e. The van der Waals surface area contributed by atoms with Gasteiger partial charge < -0.3 is 9.73 Å². The van der Waals surface area contributed by atoms with Crippen LogP contribution in [0.1, 0.15) is 29.2 Å². The van der Waals surface area contributed by atoms with Crippen LogP contribution in [0.2, 0.25) is 0 Å². The number of rotatable bonds is 7. The highest BCUT2D eigenvalue weighted by molar-refractivity contribution is 9.10. The Morgan fingerprint density at radius 1 is 1.54 bits per heavy atom. The number of allylic oxidation sites excluding steroid dienone is 1. The highest BCUT2D eigenvalue weighted by atomic mass is 79.9. The minimum absolute atomic E-state index is 0.0000933. The van der Waals surface area contributed by atoms with Crippen LogP contribution >= 0.6 is 27.5 Å². The van der Waals surface area contributed by atoms with Gasteiger partial charge in [-0.05, 0) is 52.9 Å². The molecule has 136 valence electrons. The number of benzene rings is 1. The SMILES string of the molecule is Cc1nc(C(=O)/C(=C/NCC2CC2)C(=N)Cl)c(-c2ccc(F)cc2Br)o1. The second-order valence-electron chi connectivity index (χ2n) is 6.09. The lowest BCUT2D eigenvalue weighted by molar-refractivity contribution is 0.103. The van der Waals surface area contributed by atoms with E-state index in [1.165, 1.54) is 24.4 Å². The van der Waals surface area contributed by atoms with Gasteiger partial charge in [-0.25, -0.2) is 9.37 Å². The van der Waals surface area contributed by atoms with E-state index in [0.29, 0.717) is 16.0 Å². The number of Topliss-reactive ketones (excluding diaryl/α,β-unsaturated/α-hetero) is 1. The summed E-state index contributed by atoms with van der Waals surface area (Å²) in [6.07, 6.45) is 3.77. The van der Waals surface area contributed by atoms with Gasteiger partial charge in [0.1, 0.15) is 11.0 Å². The Kier molecular flexibility index (Phi) is 5.58. The zero-order chi connectivity index (χ0) is 18.8. The number of ketones is 1. The van der Waals surface area contributed by atoms with Crippen molar-refractivity contribution in [1.82, 2.24) is 10.3 Å². The van der Waals surface area contributed by atoms with E-state index in [4.69, 9.17) is 21.4 Å². The fourth-order valence-corrected chi connectivity index (χ4v) is 3.11. The van der Waals surface area contributed by atoms with Crippen molar-refractivity contribution in [1.29, 1.82) is 5.41 Å². The van der Waals surface area contributed by atoms with Gasteiger partial charge in [0, 0.05) is 29.7 Å². The molecule has 1 aromatic carbocycles. The number of aryl methyl sites for hydroxylation is 1. The number of carbonyl (C=O) groups excluding carboxylic acids is 1. The molecule has 1 heterocycles. The second-order valence-corrected chi connectivity index (χ2v) is 7.32. The molecule has 5 nitrogen and oxygen atoms in total. The van der Waals surface area contributed by atoms with Gasteiger partial charge in [-0.15, -0.1) is 0 Å². The summed E-state index contributed by atoms with van der Waals surface area (Å²) in [5.74, 6) is 0.136. The molecule has 8 heteroatoms. The summed E-state index contributed by atoms with van der Waals surface area (Å²) in [7, 11) is 0. The molecule has 1 aliphatic carbocycles. The Hall–Kier alpha value is -1.99. The van der Waals surface area contributed by atoms with Crippen molar-refractivity contribution < 1.29 is 13.6 Å². The van der Waals surface area contributed by atoms with E-state index in [2.05, 4.69) is 26.2 Å². The van der Waals surface area contributed by atoms with E-state index in [9.17, 15) is 9.18 Å². The lowest BCUT2D eigenvalue weighted by Gasteiger charge is -2.06. The number of halogens is 3.